The van der Waals surface area contributed by atoms with E-state index in [2.05, 4.69) is 29.4 Å². The SMILES string of the molecule is CC1(C)CC(N2CC2)=CC(=[N+]2CCCC2)C1. The van der Waals surface area contributed by atoms with Gasteiger partial charge in [-0.3, -0.25) is 0 Å². The molecule has 2 heterocycles. The van der Waals surface area contributed by atoms with Crippen molar-refractivity contribution in [3.8, 4) is 0 Å². The topological polar surface area (TPSA) is 6.02 Å². The summed E-state index contributed by atoms with van der Waals surface area (Å²) < 4.78 is 2.62. The van der Waals surface area contributed by atoms with Crippen LogP contribution in [0.1, 0.15) is 39.5 Å². The van der Waals surface area contributed by atoms with Crippen molar-refractivity contribution in [2.45, 2.75) is 39.5 Å². The molecule has 2 saturated heterocycles. The summed E-state index contributed by atoms with van der Waals surface area (Å²) in [5.41, 5.74) is 3.67. The first kappa shape index (κ1) is 10.4. The number of nitrogens with zero attached hydrogens (tertiary/aromatic N) is 2. The Morgan fingerprint density at radius 3 is 2.44 bits per heavy atom. The van der Waals surface area contributed by atoms with Gasteiger partial charge >= 0.3 is 0 Å². The highest BCUT2D eigenvalue weighted by molar-refractivity contribution is 5.93. The van der Waals surface area contributed by atoms with Crippen LogP contribution in [0.3, 0.4) is 0 Å². The van der Waals surface area contributed by atoms with Crippen LogP contribution in [0.5, 0.6) is 0 Å². The van der Waals surface area contributed by atoms with Crippen LogP contribution in [-0.2, 0) is 0 Å². The summed E-state index contributed by atoms with van der Waals surface area (Å²) in [6.07, 6.45) is 7.80. The zero-order valence-electron chi connectivity index (χ0n) is 10.6. The minimum absolute atomic E-state index is 0.463. The lowest BCUT2D eigenvalue weighted by Gasteiger charge is -2.30. The molecule has 0 bridgehead atoms. The van der Waals surface area contributed by atoms with Gasteiger partial charge in [0.15, 0.2) is 5.71 Å². The summed E-state index contributed by atoms with van der Waals surface area (Å²) in [7, 11) is 0. The Labute approximate surface area is 98.6 Å². The van der Waals surface area contributed by atoms with Crippen molar-refractivity contribution in [1.29, 1.82) is 0 Å². The summed E-state index contributed by atoms with van der Waals surface area (Å²) in [5.74, 6) is 0. The van der Waals surface area contributed by atoms with Crippen LogP contribution in [0.25, 0.3) is 0 Å². The molecular formula is C14H23N2+. The van der Waals surface area contributed by atoms with Crippen LogP contribution in [0.15, 0.2) is 11.8 Å². The molecule has 0 atom stereocenters. The molecule has 0 unspecified atom stereocenters. The lowest BCUT2D eigenvalue weighted by atomic mass is 9.78. The van der Waals surface area contributed by atoms with Gasteiger partial charge in [0.1, 0.15) is 13.1 Å². The van der Waals surface area contributed by atoms with Gasteiger partial charge in [0.05, 0.1) is 0 Å². The van der Waals surface area contributed by atoms with Gasteiger partial charge in [0, 0.05) is 44.1 Å². The molecule has 0 aromatic heterocycles. The van der Waals surface area contributed by atoms with E-state index in [0.717, 1.165) is 0 Å². The summed E-state index contributed by atoms with van der Waals surface area (Å²) in [6, 6.07) is 0. The second kappa shape index (κ2) is 3.61. The molecule has 2 nitrogen and oxygen atoms in total. The minimum Gasteiger partial charge on any atom is -0.371 e. The summed E-state index contributed by atoms with van der Waals surface area (Å²) in [4.78, 5) is 2.52. The highest BCUT2D eigenvalue weighted by Crippen LogP contribution is 2.37. The summed E-state index contributed by atoms with van der Waals surface area (Å²) in [5, 5.41) is 0. The summed E-state index contributed by atoms with van der Waals surface area (Å²) in [6.45, 7) is 9.98. The van der Waals surface area contributed by atoms with Crippen LogP contribution in [0, 0.1) is 5.41 Å². The Morgan fingerprint density at radius 2 is 1.81 bits per heavy atom. The molecule has 2 heteroatoms. The predicted molar refractivity (Wildman–Crippen MR) is 66.9 cm³/mol. The molecule has 0 aromatic carbocycles. The van der Waals surface area contributed by atoms with Crippen LogP contribution >= 0.6 is 0 Å². The van der Waals surface area contributed by atoms with E-state index in [1.165, 1.54) is 51.9 Å². The third-order valence-corrected chi connectivity index (χ3v) is 4.02. The maximum absolute atomic E-state index is 2.62. The van der Waals surface area contributed by atoms with E-state index < -0.39 is 0 Å². The second-order valence-electron chi connectivity index (χ2n) is 6.33. The first-order valence-electron chi connectivity index (χ1n) is 6.70. The van der Waals surface area contributed by atoms with Crippen LogP contribution < -0.4 is 0 Å². The van der Waals surface area contributed by atoms with Gasteiger partial charge < -0.3 is 4.90 Å². The maximum atomic E-state index is 2.62. The van der Waals surface area contributed by atoms with Crippen LogP contribution in [-0.4, -0.2) is 41.4 Å². The molecule has 0 N–H and O–H groups in total. The quantitative estimate of drug-likeness (QED) is 0.484. The van der Waals surface area contributed by atoms with Gasteiger partial charge in [-0.2, -0.15) is 0 Å². The monoisotopic (exact) mass is 219 g/mol. The van der Waals surface area contributed by atoms with Crippen molar-refractivity contribution in [3.05, 3.63) is 11.8 Å². The fourth-order valence-corrected chi connectivity index (χ4v) is 3.09. The van der Waals surface area contributed by atoms with Crippen molar-refractivity contribution in [2.75, 3.05) is 26.2 Å². The standard InChI is InChI=1S/C14H23N2/c1-14(2)10-12(15-5-3-4-6-15)9-13(11-14)16-7-8-16/h9H,3-8,10-11H2,1-2H3/q+1. The third kappa shape index (κ3) is 2.02. The molecule has 0 amide bonds. The molecular weight excluding hydrogens is 196 g/mol. The van der Waals surface area contributed by atoms with Gasteiger partial charge in [-0.25, -0.2) is 4.58 Å². The van der Waals surface area contributed by atoms with Gasteiger partial charge in [-0.05, 0) is 11.8 Å². The van der Waals surface area contributed by atoms with Gasteiger partial charge in [-0.1, -0.05) is 13.8 Å². The predicted octanol–water partition coefficient (Wildman–Crippen LogP) is 2.25. The van der Waals surface area contributed by atoms with Gasteiger partial charge in [-0.15, -0.1) is 0 Å². The largest absolute Gasteiger partial charge is 0.371 e. The van der Waals surface area contributed by atoms with E-state index in [1.54, 1.807) is 11.4 Å². The molecule has 3 rings (SSSR count). The molecule has 2 fully saturated rings. The number of hydrogen-bond acceptors (Lipinski definition) is 1. The Balaban J connectivity index is 1.92. The number of hydrogen-bond donors (Lipinski definition) is 0. The third-order valence-electron chi connectivity index (χ3n) is 4.02. The molecule has 0 spiro atoms. The average Bonchev–Trinajstić information content (AvgIpc) is 2.91. The normalized spacial score (nSPS) is 28.4. The lowest BCUT2D eigenvalue weighted by Crippen LogP contribution is -2.30. The van der Waals surface area contributed by atoms with E-state index in [4.69, 9.17) is 0 Å². The number of rotatable bonds is 1. The second-order valence-corrected chi connectivity index (χ2v) is 6.33. The highest BCUT2D eigenvalue weighted by atomic mass is 15.3. The molecule has 2 aliphatic heterocycles. The van der Waals surface area contributed by atoms with E-state index in [-0.39, 0.29) is 0 Å². The van der Waals surface area contributed by atoms with Crippen LogP contribution in [0.4, 0.5) is 0 Å². The molecule has 0 radical (unpaired) electrons. The van der Waals surface area contributed by atoms with E-state index in [1.807, 2.05) is 0 Å². The first-order valence-corrected chi connectivity index (χ1v) is 6.70. The van der Waals surface area contributed by atoms with Crippen molar-refractivity contribution in [1.82, 2.24) is 4.90 Å². The number of allylic oxidation sites excluding steroid dienone is 2. The highest BCUT2D eigenvalue weighted by Gasteiger charge is 2.35. The van der Waals surface area contributed by atoms with Gasteiger partial charge in [0.2, 0.25) is 0 Å². The maximum Gasteiger partial charge on any atom is 0.178 e. The van der Waals surface area contributed by atoms with E-state index in [0.29, 0.717) is 5.41 Å². The Bertz CT molecular complexity index is 351. The Kier molecular flexibility index (Phi) is 2.34. The lowest BCUT2D eigenvalue weighted by molar-refractivity contribution is -0.507. The first-order chi connectivity index (χ1) is 7.64. The average molecular weight is 219 g/mol. The van der Waals surface area contributed by atoms with Crippen molar-refractivity contribution in [3.63, 3.8) is 0 Å². The molecule has 16 heavy (non-hydrogen) atoms. The Hall–Kier alpha value is -0.790. The van der Waals surface area contributed by atoms with Crippen molar-refractivity contribution < 1.29 is 4.58 Å². The summed E-state index contributed by atoms with van der Waals surface area (Å²) >= 11 is 0. The molecule has 0 saturated carbocycles. The van der Waals surface area contributed by atoms with Crippen LogP contribution in [0.2, 0.25) is 0 Å². The smallest absolute Gasteiger partial charge is 0.178 e. The molecule has 3 aliphatic rings. The zero-order valence-corrected chi connectivity index (χ0v) is 10.6. The van der Waals surface area contributed by atoms with Crippen molar-refractivity contribution >= 4 is 5.71 Å². The zero-order chi connectivity index (χ0) is 11.2. The van der Waals surface area contributed by atoms with Gasteiger partial charge in [0.25, 0.3) is 0 Å². The Morgan fingerprint density at radius 1 is 1.12 bits per heavy atom. The molecule has 88 valence electrons. The molecule has 1 aliphatic carbocycles. The molecule has 0 aromatic rings. The van der Waals surface area contributed by atoms with Crippen molar-refractivity contribution in [2.24, 2.45) is 5.41 Å². The minimum atomic E-state index is 0.463. The fourth-order valence-electron chi connectivity index (χ4n) is 3.09. The fraction of sp³-hybridized carbons (Fsp3) is 0.786. The van der Waals surface area contributed by atoms with E-state index in [9.17, 15) is 0 Å². The van der Waals surface area contributed by atoms with E-state index >= 15 is 0 Å².